The SMILES string of the molecule is COC(=O)C1=C(C)NC(=O)/C1=C\c1cccc(Cl)c1Cl. The molecule has 0 spiro atoms. The number of rotatable bonds is 2. The highest BCUT2D eigenvalue weighted by Gasteiger charge is 2.30. The molecule has 0 unspecified atom stereocenters. The summed E-state index contributed by atoms with van der Waals surface area (Å²) >= 11 is 12.0. The van der Waals surface area contributed by atoms with Crippen molar-refractivity contribution in [3.05, 3.63) is 50.7 Å². The standard InChI is InChI=1S/C14H11Cl2NO3/c1-7-11(14(19)20-2)9(13(18)17-7)6-8-4-3-5-10(15)12(8)16/h3-6H,1-2H3,(H,17,18)/b9-6-. The predicted octanol–water partition coefficient (Wildman–Crippen LogP) is 2.95. The summed E-state index contributed by atoms with van der Waals surface area (Å²) in [4.78, 5) is 23.7. The van der Waals surface area contributed by atoms with Crippen molar-refractivity contribution in [1.82, 2.24) is 5.32 Å². The molecule has 0 aromatic heterocycles. The number of benzene rings is 1. The van der Waals surface area contributed by atoms with Crippen LogP contribution in [0.25, 0.3) is 6.08 Å². The average Bonchev–Trinajstić information content (AvgIpc) is 2.69. The van der Waals surface area contributed by atoms with E-state index in [1.54, 1.807) is 25.1 Å². The molecule has 1 heterocycles. The first-order chi connectivity index (χ1) is 9.45. The second-order valence-electron chi connectivity index (χ2n) is 4.15. The predicted molar refractivity (Wildman–Crippen MR) is 77.3 cm³/mol. The lowest BCUT2D eigenvalue weighted by Gasteiger charge is -2.04. The molecule has 0 saturated heterocycles. The Morgan fingerprint density at radius 1 is 1.35 bits per heavy atom. The van der Waals surface area contributed by atoms with Gasteiger partial charge in [0.15, 0.2) is 0 Å². The Labute approximate surface area is 126 Å². The van der Waals surface area contributed by atoms with E-state index < -0.39 is 5.97 Å². The van der Waals surface area contributed by atoms with E-state index >= 15 is 0 Å². The molecule has 1 amide bonds. The summed E-state index contributed by atoms with van der Waals surface area (Å²) in [6.07, 6.45) is 1.52. The third-order valence-electron chi connectivity index (χ3n) is 2.86. The molecule has 0 radical (unpaired) electrons. The van der Waals surface area contributed by atoms with Crippen LogP contribution >= 0.6 is 23.2 Å². The second-order valence-corrected chi connectivity index (χ2v) is 4.93. The number of allylic oxidation sites excluding steroid dienone is 1. The van der Waals surface area contributed by atoms with E-state index in [4.69, 9.17) is 23.2 Å². The Morgan fingerprint density at radius 3 is 2.70 bits per heavy atom. The highest BCUT2D eigenvalue weighted by atomic mass is 35.5. The molecule has 6 heteroatoms. The number of hydrogen-bond donors (Lipinski definition) is 1. The van der Waals surface area contributed by atoms with Crippen molar-refractivity contribution in [1.29, 1.82) is 0 Å². The van der Waals surface area contributed by atoms with Crippen LogP contribution in [0, 0.1) is 0 Å². The number of amides is 1. The molecule has 0 atom stereocenters. The van der Waals surface area contributed by atoms with Gasteiger partial charge in [-0.15, -0.1) is 0 Å². The molecule has 1 aliphatic rings. The van der Waals surface area contributed by atoms with Gasteiger partial charge in [-0.3, -0.25) is 4.79 Å². The van der Waals surface area contributed by atoms with Gasteiger partial charge in [0.05, 0.1) is 28.3 Å². The van der Waals surface area contributed by atoms with Gasteiger partial charge in [0.2, 0.25) is 0 Å². The number of hydrogen-bond acceptors (Lipinski definition) is 3. The van der Waals surface area contributed by atoms with E-state index in [2.05, 4.69) is 10.1 Å². The van der Waals surface area contributed by atoms with Crippen molar-refractivity contribution >= 4 is 41.2 Å². The minimum Gasteiger partial charge on any atom is -0.465 e. The van der Waals surface area contributed by atoms with Crippen LogP contribution in [0.2, 0.25) is 10.0 Å². The van der Waals surface area contributed by atoms with Crippen molar-refractivity contribution in [2.45, 2.75) is 6.92 Å². The lowest BCUT2D eigenvalue weighted by molar-refractivity contribution is -0.136. The smallest absolute Gasteiger partial charge is 0.340 e. The highest BCUT2D eigenvalue weighted by Crippen LogP contribution is 2.30. The molecular weight excluding hydrogens is 301 g/mol. The van der Waals surface area contributed by atoms with Crippen molar-refractivity contribution in [2.75, 3.05) is 7.11 Å². The van der Waals surface area contributed by atoms with Gasteiger partial charge >= 0.3 is 5.97 Å². The fraction of sp³-hybridized carbons (Fsp3) is 0.143. The Kier molecular flexibility index (Phi) is 4.16. The summed E-state index contributed by atoms with van der Waals surface area (Å²) in [5.74, 6) is -0.954. The summed E-state index contributed by atoms with van der Waals surface area (Å²) in [7, 11) is 1.26. The van der Waals surface area contributed by atoms with Crippen molar-refractivity contribution < 1.29 is 14.3 Å². The molecule has 1 aromatic rings. The van der Waals surface area contributed by atoms with Gasteiger partial charge in [0.1, 0.15) is 0 Å². The van der Waals surface area contributed by atoms with E-state index in [0.29, 0.717) is 21.3 Å². The number of esters is 1. The zero-order valence-electron chi connectivity index (χ0n) is 10.8. The van der Waals surface area contributed by atoms with Gasteiger partial charge in [-0.05, 0) is 24.6 Å². The van der Waals surface area contributed by atoms with Gasteiger partial charge in [-0.25, -0.2) is 4.79 Å². The lowest BCUT2D eigenvalue weighted by Crippen LogP contribution is -2.15. The molecule has 2 rings (SSSR count). The molecule has 104 valence electrons. The average molecular weight is 312 g/mol. The fourth-order valence-electron chi connectivity index (χ4n) is 1.91. The van der Waals surface area contributed by atoms with Crippen LogP contribution in [0.1, 0.15) is 12.5 Å². The van der Waals surface area contributed by atoms with Crippen molar-refractivity contribution in [3.63, 3.8) is 0 Å². The third kappa shape index (κ3) is 2.57. The monoisotopic (exact) mass is 311 g/mol. The van der Waals surface area contributed by atoms with Crippen LogP contribution in [0.5, 0.6) is 0 Å². The maximum absolute atomic E-state index is 11.9. The summed E-state index contributed by atoms with van der Waals surface area (Å²) in [6.45, 7) is 1.63. The van der Waals surface area contributed by atoms with Crippen LogP contribution in [0.4, 0.5) is 0 Å². The van der Waals surface area contributed by atoms with Crippen molar-refractivity contribution in [3.8, 4) is 0 Å². The fourth-order valence-corrected chi connectivity index (χ4v) is 2.27. The van der Waals surface area contributed by atoms with Gasteiger partial charge in [-0.1, -0.05) is 35.3 Å². The molecule has 1 aromatic carbocycles. The van der Waals surface area contributed by atoms with Gasteiger partial charge < -0.3 is 10.1 Å². The lowest BCUT2D eigenvalue weighted by atomic mass is 10.0. The Bertz CT molecular complexity index is 662. The summed E-state index contributed by atoms with van der Waals surface area (Å²) in [6, 6.07) is 5.06. The molecule has 0 saturated carbocycles. The summed E-state index contributed by atoms with van der Waals surface area (Å²) in [5.41, 5.74) is 1.42. The first-order valence-corrected chi connectivity index (χ1v) is 6.48. The quantitative estimate of drug-likeness (QED) is 0.675. The van der Waals surface area contributed by atoms with Crippen LogP contribution in [0.15, 0.2) is 35.0 Å². The first kappa shape index (κ1) is 14.6. The van der Waals surface area contributed by atoms with E-state index in [1.807, 2.05) is 0 Å². The van der Waals surface area contributed by atoms with E-state index in [9.17, 15) is 9.59 Å². The van der Waals surface area contributed by atoms with Crippen LogP contribution in [0.3, 0.4) is 0 Å². The summed E-state index contributed by atoms with van der Waals surface area (Å²) < 4.78 is 4.69. The van der Waals surface area contributed by atoms with Crippen molar-refractivity contribution in [2.24, 2.45) is 0 Å². The zero-order chi connectivity index (χ0) is 14.9. The number of halogens is 2. The number of carbonyl (C=O) groups is 2. The molecule has 0 bridgehead atoms. The largest absolute Gasteiger partial charge is 0.465 e. The van der Waals surface area contributed by atoms with Crippen LogP contribution in [-0.2, 0) is 14.3 Å². The molecule has 4 nitrogen and oxygen atoms in total. The minimum absolute atomic E-state index is 0.202. The highest BCUT2D eigenvalue weighted by molar-refractivity contribution is 6.43. The normalized spacial score (nSPS) is 16.6. The maximum atomic E-state index is 11.9. The second kappa shape index (κ2) is 5.69. The van der Waals surface area contributed by atoms with E-state index in [-0.39, 0.29) is 17.1 Å². The molecule has 1 N–H and O–H groups in total. The number of ether oxygens (including phenoxy) is 1. The van der Waals surface area contributed by atoms with Gasteiger partial charge in [0, 0.05) is 5.70 Å². The number of methoxy groups -OCH3 is 1. The van der Waals surface area contributed by atoms with Gasteiger partial charge in [0.25, 0.3) is 5.91 Å². The molecule has 20 heavy (non-hydrogen) atoms. The summed E-state index contributed by atoms with van der Waals surface area (Å²) in [5, 5.41) is 3.28. The molecule has 1 aliphatic heterocycles. The molecule has 0 fully saturated rings. The van der Waals surface area contributed by atoms with E-state index in [0.717, 1.165) is 0 Å². The van der Waals surface area contributed by atoms with E-state index in [1.165, 1.54) is 13.2 Å². The zero-order valence-corrected chi connectivity index (χ0v) is 12.3. The maximum Gasteiger partial charge on any atom is 0.340 e. The van der Waals surface area contributed by atoms with Crippen LogP contribution < -0.4 is 5.32 Å². The molecular formula is C14H11Cl2NO3. The van der Waals surface area contributed by atoms with Gasteiger partial charge in [-0.2, -0.15) is 0 Å². The molecule has 0 aliphatic carbocycles. The first-order valence-electron chi connectivity index (χ1n) is 5.72. The Morgan fingerprint density at radius 2 is 2.05 bits per heavy atom. The number of nitrogens with one attached hydrogen (secondary N) is 1. The Balaban J connectivity index is 2.54. The topological polar surface area (TPSA) is 55.4 Å². The Hall–Kier alpha value is -1.78. The third-order valence-corrected chi connectivity index (χ3v) is 3.69. The van der Waals surface area contributed by atoms with Crippen LogP contribution in [-0.4, -0.2) is 19.0 Å². The minimum atomic E-state index is -0.578. The number of carbonyl (C=O) groups excluding carboxylic acids is 2.